The van der Waals surface area contributed by atoms with Gasteiger partial charge in [0.25, 0.3) is 5.91 Å². The van der Waals surface area contributed by atoms with Gasteiger partial charge in [0.05, 0.1) is 0 Å². The Kier molecular flexibility index (Phi) is 7.99. The lowest BCUT2D eigenvalue weighted by atomic mass is 10.1. The van der Waals surface area contributed by atoms with Gasteiger partial charge in [-0.25, -0.2) is 4.39 Å². The van der Waals surface area contributed by atoms with Crippen LogP contribution in [0.3, 0.4) is 0 Å². The van der Waals surface area contributed by atoms with Crippen molar-refractivity contribution in [3.8, 4) is 5.75 Å². The fraction of sp³-hybridized carbons (Fsp3) is 0.364. The van der Waals surface area contributed by atoms with Gasteiger partial charge in [-0.15, -0.1) is 0 Å². The Hall–Kier alpha value is -2.89. The molecular weight excluding hydrogens is 359 g/mol. The van der Waals surface area contributed by atoms with E-state index in [-0.39, 0.29) is 30.2 Å². The van der Waals surface area contributed by atoms with Crippen molar-refractivity contribution >= 4 is 11.8 Å². The van der Waals surface area contributed by atoms with Crippen LogP contribution in [-0.2, 0) is 16.0 Å². The van der Waals surface area contributed by atoms with E-state index in [1.807, 2.05) is 44.2 Å². The summed E-state index contributed by atoms with van der Waals surface area (Å²) in [5.74, 6) is -1.12. The topological polar surface area (TPSA) is 58.6 Å². The minimum atomic E-state index is -0.664. The van der Waals surface area contributed by atoms with Gasteiger partial charge in [-0.05, 0) is 44.9 Å². The number of carbonyl (C=O) groups excluding carboxylic acids is 2. The number of hydrogen-bond acceptors (Lipinski definition) is 3. The molecule has 1 atom stereocenters. The zero-order valence-electron chi connectivity index (χ0n) is 16.5. The van der Waals surface area contributed by atoms with E-state index in [0.29, 0.717) is 13.0 Å². The Labute approximate surface area is 165 Å². The Balaban J connectivity index is 2.07. The number of hydrogen-bond donors (Lipinski definition) is 1. The number of carbonyl (C=O) groups is 2. The van der Waals surface area contributed by atoms with Crippen LogP contribution in [0.4, 0.5) is 4.39 Å². The highest BCUT2D eigenvalue weighted by molar-refractivity contribution is 5.88. The average Bonchev–Trinajstić information content (AvgIpc) is 2.67. The monoisotopic (exact) mass is 386 g/mol. The smallest absolute Gasteiger partial charge is 0.261 e. The normalized spacial score (nSPS) is 11.8. The van der Waals surface area contributed by atoms with Crippen molar-refractivity contribution in [1.29, 1.82) is 0 Å². The molecule has 0 radical (unpaired) electrons. The minimum Gasteiger partial charge on any atom is -0.481 e. The first-order valence-electron chi connectivity index (χ1n) is 9.39. The molecule has 2 aromatic carbocycles. The molecule has 0 saturated carbocycles. The molecule has 2 amide bonds. The quantitative estimate of drug-likeness (QED) is 0.720. The zero-order chi connectivity index (χ0) is 20.5. The highest BCUT2D eigenvalue weighted by atomic mass is 19.1. The summed E-state index contributed by atoms with van der Waals surface area (Å²) in [4.78, 5) is 26.7. The van der Waals surface area contributed by atoms with E-state index in [0.717, 1.165) is 5.56 Å². The number of ether oxygens (including phenoxy) is 1. The van der Waals surface area contributed by atoms with E-state index < -0.39 is 11.9 Å². The molecule has 0 aliphatic heterocycles. The minimum absolute atomic E-state index is 0.0122. The van der Waals surface area contributed by atoms with Crippen LogP contribution in [0.1, 0.15) is 26.3 Å². The molecule has 2 aromatic rings. The van der Waals surface area contributed by atoms with Crippen molar-refractivity contribution in [2.75, 3.05) is 13.2 Å². The molecule has 2 rings (SSSR count). The summed E-state index contributed by atoms with van der Waals surface area (Å²) in [6, 6.07) is 14.9. The molecule has 0 spiro atoms. The van der Waals surface area contributed by atoms with Crippen LogP contribution in [0, 0.1) is 5.82 Å². The van der Waals surface area contributed by atoms with E-state index in [1.165, 1.54) is 17.0 Å². The number of halogens is 1. The number of benzene rings is 2. The highest BCUT2D eigenvalue weighted by Crippen LogP contribution is 2.16. The molecule has 5 nitrogen and oxygen atoms in total. The fourth-order valence-electron chi connectivity index (χ4n) is 2.76. The van der Waals surface area contributed by atoms with Gasteiger partial charge < -0.3 is 15.0 Å². The lowest BCUT2D eigenvalue weighted by molar-refractivity contribution is -0.141. The largest absolute Gasteiger partial charge is 0.481 e. The van der Waals surface area contributed by atoms with Crippen LogP contribution in [-0.4, -0.2) is 41.9 Å². The van der Waals surface area contributed by atoms with E-state index in [2.05, 4.69) is 5.32 Å². The summed E-state index contributed by atoms with van der Waals surface area (Å²) in [6.45, 7) is 5.43. The molecule has 1 N–H and O–H groups in total. The van der Waals surface area contributed by atoms with Gasteiger partial charge >= 0.3 is 0 Å². The Morgan fingerprint density at radius 2 is 1.68 bits per heavy atom. The van der Waals surface area contributed by atoms with Crippen molar-refractivity contribution < 1.29 is 18.7 Å². The molecular formula is C22H27FN2O3. The van der Waals surface area contributed by atoms with Crippen molar-refractivity contribution in [2.45, 2.75) is 39.3 Å². The van der Waals surface area contributed by atoms with Gasteiger partial charge in [0.2, 0.25) is 5.91 Å². The molecule has 0 fully saturated rings. The average molecular weight is 386 g/mol. The van der Waals surface area contributed by atoms with E-state index in [9.17, 15) is 14.0 Å². The molecule has 150 valence electrons. The Morgan fingerprint density at radius 3 is 2.32 bits per heavy atom. The molecule has 0 aliphatic carbocycles. The standard InChI is InChI=1S/C22H27FN2O3/c1-16(2)24-22(27)17(3)25(14-13-18-9-5-4-6-10-18)21(26)15-28-20-12-8-7-11-19(20)23/h4-12,16-17H,13-15H2,1-3H3,(H,24,27)/t17-/m1/s1. The number of nitrogens with zero attached hydrogens (tertiary/aromatic N) is 1. The molecule has 0 heterocycles. The van der Waals surface area contributed by atoms with Crippen molar-refractivity contribution in [3.05, 3.63) is 66.0 Å². The number of rotatable bonds is 9. The lowest BCUT2D eigenvalue weighted by Gasteiger charge is -2.29. The lowest BCUT2D eigenvalue weighted by Crippen LogP contribution is -2.51. The fourth-order valence-corrected chi connectivity index (χ4v) is 2.76. The third kappa shape index (κ3) is 6.37. The first kappa shape index (κ1) is 21.4. The predicted octanol–water partition coefficient (Wildman–Crippen LogP) is 3.19. The first-order chi connectivity index (χ1) is 13.4. The molecule has 28 heavy (non-hydrogen) atoms. The maximum Gasteiger partial charge on any atom is 0.261 e. The van der Waals surface area contributed by atoms with E-state index >= 15 is 0 Å². The van der Waals surface area contributed by atoms with E-state index in [1.54, 1.807) is 19.1 Å². The summed E-state index contributed by atoms with van der Waals surface area (Å²) in [6.07, 6.45) is 0.603. The zero-order valence-corrected chi connectivity index (χ0v) is 16.5. The summed E-state index contributed by atoms with van der Waals surface area (Å²) in [5.41, 5.74) is 1.06. The second-order valence-electron chi connectivity index (χ2n) is 6.88. The molecule has 0 aromatic heterocycles. The third-order valence-corrected chi connectivity index (χ3v) is 4.27. The molecule has 0 unspecified atom stereocenters. The van der Waals surface area contributed by atoms with Gasteiger partial charge in [0, 0.05) is 12.6 Å². The Bertz CT molecular complexity index is 780. The highest BCUT2D eigenvalue weighted by Gasteiger charge is 2.26. The SMILES string of the molecule is CC(C)NC(=O)[C@@H](C)N(CCc1ccccc1)C(=O)COc1ccccc1F. The van der Waals surface area contributed by atoms with Crippen LogP contribution >= 0.6 is 0 Å². The van der Waals surface area contributed by atoms with E-state index in [4.69, 9.17) is 4.74 Å². The number of amides is 2. The van der Waals surface area contributed by atoms with Crippen LogP contribution in [0.5, 0.6) is 5.75 Å². The summed E-state index contributed by atoms with van der Waals surface area (Å²) >= 11 is 0. The van der Waals surface area contributed by atoms with Crippen molar-refractivity contribution in [1.82, 2.24) is 10.2 Å². The first-order valence-corrected chi connectivity index (χ1v) is 9.39. The number of para-hydroxylation sites is 1. The summed E-state index contributed by atoms with van der Waals surface area (Å²) < 4.78 is 19.1. The van der Waals surface area contributed by atoms with Crippen LogP contribution in [0.25, 0.3) is 0 Å². The predicted molar refractivity (Wildman–Crippen MR) is 106 cm³/mol. The second kappa shape index (κ2) is 10.4. The van der Waals surface area contributed by atoms with Gasteiger partial charge in [0.15, 0.2) is 18.2 Å². The second-order valence-corrected chi connectivity index (χ2v) is 6.88. The van der Waals surface area contributed by atoms with Gasteiger partial charge in [-0.1, -0.05) is 42.5 Å². The van der Waals surface area contributed by atoms with Crippen LogP contribution in [0.2, 0.25) is 0 Å². The summed E-state index contributed by atoms with van der Waals surface area (Å²) in [5, 5.41) is 2.83. The third-order valence-electron chi connectivity index (χ3n) is 4.27. The Morgan fingerprint density at radius 1 is 1.04 bits per heavy atom. The molecule has 0 aliphatic rings. The van der Waals surface area contributed by atoms with Crippen LogP contribution in [0.15, 0.2) is 54.6 Å². The molecule has 6 heteroatoms. The van der Waals surface area contributed by atoms with Gasteiger partial charge in [-0.3, -0.25) is 9.59 Å². The van der Waals surface area contributed by atoms with Gasteiger partial charge in [-0.2, -0.15) is 0 Å². The van der Waals surface area contributed by atoms with Crippen molar-refractivity contribution in [3.63, 3.8) is 0 Å². The van der Waals surface area contributed by atoms with Crippen LogP contribution < -0.4 is 10.1 Å². The maximum atomic E-state index is 13.7. The molecule has 0 saturated heterocycles. The number of nitrogens with one attached hydrogen (secondary N) is 1. The van der Waals surface area contributed by atoms with Gasteiger partial charge in [0.1, 0.15) is 6.04 Å². The maximum absolute atomic E-state index is 13.7. The molecule has 0 bridgehead atoms. The van der Waals surface area contributed by atoms with Crippen molar-refractivity contribution in [2.24, 2.45) is 0 Å². The summed E-state index contributed by atoms with van der Waals surface area (Å²) in [7, 11) is 0.